The number of aromatic nitrogens is 2. The van der Waals surface area contributed by atoms with Gasteiger partial charge < -0.3 is 0 Å². The van der Waals surface area contributed by atoms with Crippen LogP contribution in [0.1, 0.15) is 24.3 Å². The number of Topliss-reactive ketones (excluding diaryl/α,β-unsaturated/α-hetero) is 1. The zero-order chi connectivity index (χ0) is 12.4. The molecule has 17 heavy (non-hydrogen) atoms. The second-order valence-electron chi connectivity index (χ2n) is 4.02. The number of ketones is 1. The Balaban J connectivity index is 2.58. The van der Waals surface area contributed by atoms with E-state index in [1.165, 1.54) is 4.68 Å². The molecule has 0 radical (unpaired) electrons. The first-order chi connectivity index (χ1) is 8.11. The van der Waals surface area contributed by atoms with Gasteiger partial charge in [-0.25, -0.2) is 4.79 Å². The van der Waals surface area contributed by atoms with Gasteiger partial charge in [0.25, 0.3) is 0 Å². The molecule has 0 saturated carbocycles. The molecule has 0 fully saturated rings. The summed E-state index contributed by atoms with van der Waals surface area (Å²) < 4.78 is 6.05. The van der Waals surface area contributed by atoms with Crippen molar-refractivity contribution >= 4 is 5.78 Å². The first-order valence-corrected chi connectivity index (χ1v) is 5.34. The molecule has 1 aromatic heterocycles. The van der Waals surface area contributed by atoms with Gasteiger partial charge in [-0.2, -0.15) is 0 Å². The number of hydrogen-bond acceptors (Lipinski definition) is 3. The summed E-state index contributed by atoms with van der Waals surface area (Å²) in [6, 6.07) is 9.05. The first-order valence-electron chi connectivity index (χ1n) is 5.34. The monoisotopic (exact) mass is 233 g/mol. The van der Waals surface area contributed by atoms with Gasteiger partial charge in [0.1, 0.15) is 0 Å². The van der Waals surface area contributed by atoms with Crippen LogP contribution in [0.4, 0.5) is 0 Å². The molecule has 0 bridgehead atoms. The topological polar surface area (TPSA) is 67.0 Å². The van der Waals surface area contributed by atoms with Crippen LogP contribution in [0, 0.1) is 5.92 Å². The van der Waals surface area contributed by atoms with E-state index in [1.807, 2.05) is 18.2 Å². The van der Waals surface area contributed by atoms with Crippen molar-refractivity contribution in [3.8, 4) is 5.69 Å². The summed E-state index contributed by atoms with van der Waals surface area (Å²) in [5, 5.41) is 2.43. The molecule has 1 aromatic carbocycles. The van der Waals surface area contributed by atoms with E-state index in [9.17, 15) is 9.59 Å². The van der Waals surface area contributed by atoms with Crippen LogP contribution >= 0.6 is 0 Å². The van der Waals surface area contributed by atoms with Crippen LogP contribution in [0.2, 0.25) is 0 Å². The third-order valence-corrected chi connectivity index (χ3v) is 2.42. The van der Waals surface area contributed by atoms with Gasteiger partial charge in [0.2, 0.25) is 11.5 Å². The minimum atomic E-state index is -0.646. The second kappa shape index (κ2) is 4.37. The predicted octanol–water partition coefficient (Wildman–Crippen LogP) is 1.08. The number of carbonyl (C=O) groups excluding carboxylic acids is 1. The quantitative estimate of drug-likeness (QED) is 0.637. The minimum absolute atomic E-state index is 0.0196. The van der Waals surface area contributed by atoms with Gasteiger partial charge in [0.05, 0.1) is 0 Å². The van der Waals surface area contributed by atoms with Gasteiger partial charge in [-0.1, -0.05) is 32.0 Å². The number of aromatic amines is 1. The molecule has 0 aliphatic heterocycles. The van der Waals surface area contributed by atoms with Crippen LogP contribution in [-0.4, -0.2) is 11.1 Å². The summed E-state index contributed by atoms with van der Waals surface area (Å²) in [7, 11) is 0. The van der Waals surface area contributed by atoms with Crippen molar-refractivity contribution in [3.05, 3.63) is 46.4 Å². The fraction of sp³-hybridized carbons (Fsp3) is 0.250. The zero-order valence-electron chi connectivity index (χ0n) is 9.64. The van der Waals surface area contributed by atoms with Crippen molar-refractivity contribution in [3.63, 3.8) is 0 Å². The van der Waals surface area contributed by atoms with Crippen molar-refractivity contribution in [2.75, 3.05) is 0 Å². The Morgan fingerprint density at radius 1 is 1.29 bits per heavy atom. The lowest BCUT2D eigenvalue weighted by Crippen LogP contribution is -2.42. The van der Waals surface area contributed by atoms with Crippen molar-refractivity contribution in [1.82, 2.24) is 5.27 Å². The fourth-order valence-corrected chi connectivity index (χ4v) is 1.52. The normalized spacial score (nSPS) is 10.8. The first kappa shape index (κ1) is 11.3. The molecule has 0 unspecified atom stereocenters. The maximum absolute atomic E-state index is 11.9. The molecule has 0 saturated heterocycles. The standard InChI is InChI=1S/C12H12N2O3/c1-8(2)11(15)10-12(16)17-13-14(10)9-6-4-3-5-7-9/h3-8H,1-2H3/p+1. The van der Waals surface area contributed by atoms with E-state index < -0.39 is 5.63 Å². The molecule has 1 heterocycles. The van der Waals surface area contributed by atoms with E-state index >= 15 is 0 Å². The van der Waals surface area contributed by atoms with Gasteiger partial charge in [-0.15, -0.1) is 0 Å². The van der Waals surface area contributed by atoms with Gasteiger partial charge in [-0.3, -0.25) is 9.32 Å². The molecule has 2 rings (SSSR count). The van der Waals surface area contributed by atoms with Crippen LogP contribution in [0.25, 0.3) is 5.69 Å². The SMILES string of the molecule is CC(C)C(=O)c1c(=O)o[nH][n+]1-c1ccccc1. The number of nitrogens with one attached hydrogen (secondary N) is 1. The van der Waals surface area contributed by atoms with Crippen LogP contribution in [0.5, 0.6) is 0 Å². The van der Waals surface area contributed by atoms with Gasteiger partial charge in [0.15, 0.2) is 0 Å². The number of para-hydroxylation sites is 1. The van der Waals surface area contributed by atoms with E-state index in [0.29, 0.717) is 5.69 Å². The highest BCUT2D eigenvalue weighted by Crippen LogP contribution is 2.03. The lowest BCUT2D eigenvalue weighted by atomic mass is 10.1. The third kappa shape index (κ3) is 2.04. The smallest absolute Gasteiger partial charge is 0.287 e. The lowest BCUT2D eigenvalue weighted by molar-refractivity contribution is -0.672. The maximum Gasteiger partial charge on any atom is 0.438 e. The Morgan fingerprint density at radius 2 is 1.94 bits per heavy atom. The maximum atomic E-state index is 11.9. The second-order valence-corrected chi connectivity index (χ2v) is 4.02. The van der Waals surface area contributed by atoms with Gasteiger partial charge in [-0.05, 0) is 9.95 Å². The van der Waals surface area contributed by atoms with Crippen LogP contribution in [0.15, 0.2) is 39.6 Å². The number of rotatable bonds is 3. The molecule has 5 nitrogen and oxygen atoms in total. The van der Waals surface area contributed by atoms with Gasteiger partial charge in [0, 0.05) is 18.1 Å². The highest BCUT2D eigenvalue weighted by Gasteiger charge is 2.31. The summed E-state index contributed by atoms with van der Waals surface area (Å²) in [5.41, 5.74) is 0.0566. The average molecular weight is 233 g/mol. The molecular formula is C12H13N2O3+. The molecule has 0 amide bonds. The summed E-state index contributed by atoms with van der Waals surface area (Å²) >= 11 is 0. The fourth-order valence-electron chi connectivity index (χ4n) is 1.52. The van der Waals surface area contributed by atoms with Crippen molar-refractivity contribution in [1.29, 1.82) is 0 Å². The molecule has 0 aliphatic carbocycles. The molecular weight excluding hydrogens is 220 g/mol. The summed E-state index contributed by atoms with van der Waals surface area (Å²) in [5.74, 6) is -0.507. The number of nitrogens with zero attached hydrogens (tertiary/aromatic N) is 1. The Hall–Kier alpha value is -2.17. The highest BCUT2D eigenvalue weighted by molar-refractivity contribution is 5.93. The van der Waals surface area contributed by atoms with E-state index in [4.69, 9.17) is 0 Å². The predicted molar refractivity (Wildman–Crippen MR) is 60.0 cm³/mol. The highest BCUT2D eigenvalue weighted by atomic mass is 16.5. The molecule has 0 spiro atoms. The van der Waals surface area contributed by atoms with Crippen LogP contribution < -0.4 is 10.3 Å². The number of carbonyl (C=O) groups is 1. The molecule has 2 aromatic rings. The minimum Gasteiger partial charge on any atom is -0.287 e. The van der Waals surface area contributed by atoms with E-state index in [-0.39, 0.29) is 17.4 Å². The molecule has 0 aliphatic rings. The summed E-state index contributed by atoms with van der Waals surface area (Å²) in [4.78, 5) is 23.4. The number of benzene rings is 1. The van der Waals surface area contributed by atoms with Crippen molar-refractivity contribution < 1.29 is 14.0 Å². The van der Waals surface area contributed by atoms with Crippen molar-refractivity contribution in [2.45, 2.75) is 13.8 Å². The van der Waals surface area contributed by atoms with E-state index in [1.54, 1.807) is 26.0 Å². The van der Waals surface area contributed by atoms with E-state index in [0.717, 1.165) is 0 Å². The lowest BCUT2D eigenvalue weighted by Gasteiger charge is -1.96. The summed E-state index contributed by atoms with van der Waals surface area (Å²) in [6.45, 7) is 3.48. The van der Waals surface area contributed by atoms with Crippen LogP contribution in [-0.2, 0) is 0 Å². The molecule has 1 N–H and O–H groups in total. The molecule has 0 atom stereocenters. The van der Waals surface area contributed by atoms with E-state index in [2.05, 4.69) is 9.79 Å². The van der Waals surface area contributed by atoms with Gasteiger partial charge >= 0.3 is 11.3 Å². The third-order valence-electron chi connectivity index (χ3n) is 2.42. The Bertz CT molecular complexity index is 581. The van der Waals surface area contributed by atoms with Crippen LogP contribution in [0.3, 0.4) is 0 Å². The Labute approximate surface area is 97.6 Å². The average Bonchev–Trinajstić information content (AvgIpc) is 2.71. The Kier molecular flexibility index (Phi) is 2.91. The Morgan fingerprint density at radius 3 is 2.53 bits per heavy atom. The molecule has 5 heteroatoms. The summed E-state index contributed by atoms with van der Waals surface area (Å²) in [6.07, 6.45) is 0. The zero-order valence-corrected chi connectivity index (χ0v) is 9.64. The number of hydrogen-bond donors (Lipinski definition) is 1. The van der Waals surface area contributed by atoms with Crippen molar-refractivity contribution in [2.24, 2.45) is 5.92 Å². The number of H-pyrrole nitrogens is 1. The largest absolute Gasteiger partial charge is 0.438 e. The molecule has 88 valence electrons.